The van der Waals surface area contributed by atoms with E-state index in [0.717, 1.165) is 6.42 Å². The van der Waals surface area contributed by atoms with Gasteiger partial charge in [-0.2, -0.15) is 0 Å². The van der Waals surface area contributed by atoms with Crippen molar-refractivity contribution in [1.82, 2.24) is 0 Å². The van der Waals surface area contributed by atoms with Gasteiger partial charge in [-0.1, -0.05) is 32.5 Å². The third-order valence-electron chi connectivity index (χ3n) is 1.46. The third kappa shape index (κ3) is 6.15. The van der Waals surface area contributed by atoms with Crippen LogP contribution in [-0.4, -0.2) is 13.6 Å². The zero-order valence-corrected chi connectivity index (χ0v) is 9.28. The van der Waals surface area contributed by atoms with E-state index >= 15 is 0 Å². The van der Waals surface area contributed by atoms with E-state index in [1.54, 1.807) is 0 Å². The Morgan fingerprint density at radius 1 is 1.36 bits per heavy atom. The first kappa shape index (κ1) is 10.7. The Hall–Kier alpha value is -0.263. The van der Waals surface area contributed by atoms with E-state index in [-0.39, 0.29) is 5.54 Å². The summed E-state index contributed by atoms with van der Waals surface area (Å²) in [7, 11) is -1.22. The highest BCUT2D eigenvalue weighted by Crippen LogP contribution is 2.04. The predicted molar refractivity (Wildman–Crippen MR) is 54.0 cm³/mol. The summed E-state index contributed by atoms with van der Waals surface area (Å²) in [5.41, 5.74) is 8.87. The molecule has 0 aromatic carbocycles. The molecule has 0 radical (unpaired) electrons. The van der Waals surface area contributed by atoms with Crippen molar-refractivity contribution >= 4 is 8.07 Å². The maximum atomic E-state index is 5.87. The van der Waals surface area contributed by atoms with Gasteiger partial charge in [0.15, 0.2) is 0 Å². The van der Waals surface area contributed by atoms with E-state index in [1.165, 1.54) is 0 Å². The summed E-state index contributed by atoms with van der Waals surface area (Å²) in [6.07, 6.45) is 0.921. The molecule has 0 saturated heterocycles. The minimum absolute atomic E-state index is 0.277. The first-order chi connectivity index (χ1) is 4.77. The molecule has 1 nitrogen and oxygen atoms in total. The SMILES string of the molecule is CC[C@](C)(N)C#C[Si](C)(C)C. The fraction of sp³-hybridized carbons (Fsp3) is 0.778. The van der Waals surface area contributed by atoms with Crippen molar-refractivity contribution < 1.29 is 0 Å². The first-order valence-electron chi connectivity index (χ1n) is 4.10. The molecule has 0 heterocycles. The third-order valence-corrected chi connectivity index (χ3v) is 2.33. The number of nitrogens with two attached hydrogens (primary N) is 1. The Morgan fingerprint density at radius 3 is 2.09 bits per heavy atom. The molecule has 0 aromatic heterocycles. The Labute approximate surface area is 71.4 Å². The number of hydrogen-bond acceptors (Lipinski definition) is 1. The van der Waals surface area contributed by atoms with Crippen molar-refractivity contribution in [2.45, 2.75) is 45.4 Å². The van der Waals surface area contributed by atoms with Crippen LogP contribution in [-0.2, 0) is 0 Å². The molecule has 0 aliphatic heterocycles. The normalized spacial score (nSPS) is 16.5. The summed E-state index contributed by atoms with van der Waals surface area (Å²) >= 11 is 0. The molecule has 0 aliphatic carbocycles. The smallest absolute Gasteiger partial charge is 0.129 e. The maximum Gasteiger partial charge on any atom is 0.129 e. The lowest BCUT2D eigenvalue weighted by molar-refractivity contribution is 0.586. The van der Waals surface area contributed by atoms with Crippen molar-refractivity contribution in [2.24, 2.45) is 5.73 Å². The quantitative estimate of drug-likeness (QED) is 0.471. The van der Waals surface area contributed by atoms with Crippen LogP contribution in [0.25, 0.3) is 0 Å². The van der Waals surface area contributed by atoms with Crippen LogP contribution in [0.15, 0.2) is 0 Å². The second-order valence-electron chi connectivity index (χ2n) is 4.27. The average Bonchev–Trinajstić information content (AvgIpc) is 1.83. The summed E-state index contributed by atoms with van der Waals surface area (Å²) in [5, 5.41) is 0. The fourth-order valence-electron chi connectivity index (χ4n) is 0.419. The standard InChI is InChI=1S/C9H19NSi/c1-6-9(2,10)7-8-11(3,4)5/h6,10H2,1-5H3/t9-/m0/s1. The van der Waals surface area contributed by atoms with Crippen molar-refractivity contribution in [3.8, 4) is 11.5 Å². The molecule has 0 fully saturated rings. The average molecular weight is 169 g/mol. The molecule has 0 spiro atoms. The molecular formula is C9H19NSi. The van der Waals surface area contributed by atoms with Gasteiger partial charge in [-0.25, -0.2) is 0 Å². The zero-order chi connectivity index (χ0) is 9.12. The van der Waals surface area contributed by atoms with Crippen LogP contribution < -0.4 is 5.73 Å². The Bertz CT molecular complexity index is 178. The summed E-state index contributed by atoms with van der Waals surface area (Å²) in [6, 6.07) is 0. The van der Waals surface area contributed by atoms with Gasteiger partial charge in [0.05, 0.1) is 5.54 Å². The van der Waals surface area contributed by atoms with Gasteiger partial charge in [0.2, 0.25) is 0 Å². The summed E-state index contributed by atoms with van der Waals surface area (Å²) in [4.78, 5) is 0. The van der Waals surface area contributed by atoms with Gasteiger partial charge < -0.3 is 5.73 Å². The van der Waals surface area contributed by atoms with Gasteiger partial charge in [-0.05, 0) is 13.3 Å². The molecule has 0 amide bonds. The summed E-state index contributed by atoms with van der Waals surface area (Å²) < 4.78 is 0. The first-order valence-corrected chi connectivity index (χ1v) is 7.60. The molecule has 0 saturated carbocycles. The lowest BCUT2D eigenvalue weighted by Crippen LogP contribution is -2.34. The van der Waals surface area contributed by atoms with E-state index in [1.807, 2.05) is 6.92 Å². The molecule has 0 bridgehead atoms. The number of hydrogen-bond donors (Lipinski definition) is 1. The molecule has 0 rings (SSSR count). The Morgan fingerprint density at radius 2 is 1.82 bits per heavy atom. The van der Waals surface area contributed by atoms with Crippen LogP contribution in [0.1, 0.15) is 20.3 Å². The van der Waals surface area contributed by atoms with Crippen molar-refractivity contribution in [2.75, 3.05) is 0 Å². The Balaban J connectivity index is 4.29. The van der Waals surface area contributed by atoms with Gasteiger partial charge >= 0.3 is 0 Å². The predicted octanol–water partition coefficient (Wildman–Crippen LogP) is 1.99. The fourth-order valence-corrected chi connectivity index (χ4v) is 1.08. The van der Waals surface area contributed by atoms with E-state index in [2.05, 4.69) is 38.0 Å². The second-order valence-corrected chi connectivity index (χ2v) is 9.02. The van der Waals surface area contributed by atoms with E-state index < -0.39 is 8.07 Å². The second kappa shape index (κ2) is 3.42. The molecule has 11 heavy (non-hydrogen) atoms. The minimum atomic E-state index is -1.22. The van der Waals surface area contributed by atoms with Gasteiger partial charge in [0.25, 0.3) is 0 Å². The van der Waals surface area contributed by atoms with E-state index in [4.69, 9.17) is 5.73 Å². The van der Waals surface area contributed by atoms with Crippen LogP contribution in [0.3, 0.4) is 0 Å². The molecule has 1 atom stereocenters. The van der Waals surface area contributed by atoms with Crippen molar-refractivity contribution in [3.05, 3.63) is 0 Å². The van der Waals surface area contributed by atoms with Crippen LogP contribution >= 0.6 is 0 Å². The maximum absolute atomic E-state index is 5.87. The van der Waals surface area contributed by atoms with Crippen LogP contribution in [0.4, 0.5) is 0 Å². The van der Waals surface area contributed by atoms with Gasteiger partial charge in [-0.15, -0.1) is 5.54 Å². The van der Waals surface area contributed by atoms with Gasteiger partial charge in [-0.3, -0.25) is 0 Å². The molecule has 0 unspecified atom stereocenters. The zero-order valence-electron chi connectivity index (χ0n) is 8.28. The van der Waals surface area contributed by atoms with Crippen molar-refractivity contribution in [3.63, 3.8) is 0 Å². The number of rotatable bonds is 1. The highest BCUT2D eigenvalue weighted by Gasteiger charge is 2.13. The summed E-state index contributed by atoms with van der Waals surface area (Å²) in [5.74, 6) is 3.14. The molecule has 2 heteroatoms. The van der Waals surface area contributed by atoms with Crippen molar-refractivity contribution in [1.29, 1.82) is 0 Å². The largest absolute Gasteiger partial charge is 0.315 e. The van der Waals surface area contributed by atoms with Crippen LogP contribution in [0, 0.1) is 11.5 Å². The molecule has 2 N–H and O–H groups in total. The van der Waals surface area contributed by atoms with E-state index in [0.29, 0.717) is 0 Å². The molecule has 0 aliphatic rings. The van der Waals surface area contributed by atoms with Crippen LogP contribution in [0.5, 0.6) is 0 Å². The molecule has 0 aromatic rings. The Kier molecular flexibility index (Phi) is 3.34. The highest BCUT2D eigenvalue weighted by molar-refractivity contribution is 6.83. The summed E-state index contributed by atoms with van der Waals surface area (Å²) in [6.45, 7) is 10.7. The monoisotopic (exact) mass is 169 g/mol. The molecule has 64 valence electrons. The van der Waals surface area contributed by atoms with Crippen LogP contribution in [0.2, 0.25) is 19.6 Å². The van der Waals surface area contributed by atoms with Gasteiger partial charge in [0.1, 0.15) is 8.07 Å². The van der Waals surface area contributed by atoms with E-state index in [9.17, 15) is 0 Å². The van der Waals surface area contributed by atoms with Gasteiger partial charge in [0, 0.05) is 0 Å². The lowest BCUT2D eigenvalue weighted by atomic mass is 10.0. The molecular weight excluding hydrogens is 150 g/mol. The minimum Gasteiger partial charge on any atom is -0.315 e. The lowest BCUT2D eigenvalue weighted by Gasteiger charge is -2.15. The topological polar surface area (TPSA) is 26.0 Å². The highest BCUT2D eigenvalue weighted by atomic mass is 28.3.